The van der Waals surface area contributed by atoms with E-state index in [-0.39, 0.29) is 18.8 Å². The minimum Gasteiger partial charge on any atom is -0.482 e. The number of primary amides is 1. The van der Waals surface area contributed by atoms with Crippen LogP contribution in [-0.2, 0) is 35.3 Å². The van der Waals surface area contributed by atoms with Crippen molar-refractivity contribution in [1.29, 1.82) is 0 Å². The molecule has 2 N–H and O–H groups in total. The van der Waals surface area contributed by atoms with Crippen LogP contribution in [0.15, 0.2) is 53.9 Å². The number of likely N-dealkylation sites (N-methyl/N-ethyl adjacent to an activating group) is 1. The number of ether oxygens (including phenoxy) is 2. The molecule has 0 aliphatic heterocycles. The molecule has 1 aromatic rings. The standard InChI is InChI=1S/C18H20N2O6/c1-12(17(19)23)15(22)16(26-11-13-7-5-4-6-8-13)14(18(24)25-3)20(2)9-10-21/h4-8,10H,1,9,11H2,2-3H3,(H2,19,23)/b16-14+. The number of methoxy groups -OCH3 is 1. The van der Waals surface area contributed by atoms with Crippen molar-refractivity contribution < 1.29 is 28.7 Å². The predicted molar refractivity (Wildman–Crippen MR) is 92.3 cm³/mol. The van der Waals surface area contributed by atoms with E-state index in [4.69, 9.17) is 10.5 Å². The molecule has 0 saturated heterocycles. The molecule has 0 fully saturated rings. The van der Waals surface area contributed by atoms with E-state index in [0.29, 0.717) is 11.8 Å². The highest BCUT2D eigenvalue weighted by Crippen LogP contribution is 2.18. The number of aldehydes is 1. The van der Waals surface area contributed by atoms with Crippen LogP contribution in [0.4, 0.5) is 0 Å². The lowest BCUT2D eigenvalue weighted by Crippen LogP contribution is -2.32. The van der Waals surface area contributed by atoms with Crippen LogP contribution in [0.3, 0.4) is 0 Å². The maximum atomic E-state index is 12.6. The molecule has 0 aliphatic rings. The molecule has 0 saturated carbocycles. The summed E-state index contributed by atoms with van der Waals surface area (Å²) in [7, 11) is 2.51. The maximum Gasteiger partial charge on any atom is 0.358 e. The SMILES string of the molecule is C=C(C(N)=O)C(=O)/C(OCc1ccccc1)=C(/C(=O)OC)N(C)CC=O. The average Bonchev–Trinajstić information content (AvgIpc) is 2.64. The summed E-state index contributed by atoms with van der Waals surface area (Å²) in [6.45, 7) is 3.05. The third-order valence-corrected chi connectivity index (χ3v) is 3.33. The topological polar surface area (TPSA) is 116 Å². The second-order valence-electron chi connectivity index (χ2n) is 5.16. The molecule has 1 amide bonds. The lowest BCUT2D eigenvalue weighted by molar-refractivity contribution is -0.139. The zero-order valence-electron chi connectivity index (χ0n) is 14.6. The number of esters is 1. The number of carbonyl (C=O) groups is 4. The van der Waals surface area contributed by atoms with Gasteiger partial charge in [0.1, 0.15) is 12.9 Å². The smallest absolute Gasteiger partial charge is 0.358 e. The van der Waals surface area contributed by atoms with Crippen LogP contribution in [0, 0.1) is 0 Å². The molecular formula is C18H20N2O6. The van der Waals surface area contributed by atoms with E-state index in [1.54, 1.807) is 30.3 Å². The van der Waals surface area contributed by atoms with E-state index in [1.165, 1.54) is 11.9 Å². The van der Waals surface area contributed by atoms with Crippen LogP contribution in [0.25, 0.3) is 0 Å². The molecule has 138 valence electrons. The van der Waals surface area contributed by atoms with Gasteiger partial charge in [-0.3, -0.25) is 9.59 Å². The summed E-state index contributed by atoms with van der Waals surface area (Å²) >= 11 is 0. The molecule has 1 rings (SSSR count). The fourth-order valence-electron chi connectivity index (χ4n) is 1.94. The number of amides is 1. The van der Waals surface area contributed by atoms with Gasteiger partial charge in [0.05, 0.1) is 19.2 Å². The van der Waals surface area contributed by atoms with Crippen LogP contribution in [-0.4, -0.2) is 49.5 Å². The van der Waals surface area contributed by atoms with Crippen LogP contribution < -0.4 is 5.73 Å². The molecule has 26 heavy (non-hydrogen) atoms. The Morgan fingerprint density at radius 2 is 1.85 bits per heavy atom. The van der Waals surface area contributed by atoms with E-state index in [9.17, 15) is 19.2 Å². The molecule has 0 unspecified atom stereocenters. The number of hydrogen-bond acceptors (Lipinski definition) is 7. The van der Waals surface area contributed by atoms with Crippen molar-refractivity contribution in [2.24, 2.45) is 5.73 Å². The minimum atomic E-state index is -1.06. The van der Waals surface area contributed by atoms with Crippen molar-refractivity contribution >= 4 is 23.9 Å². The van der Waals surface area contributed by atoms with E-state index in [1.807, 2.05) is 0 Å². The van der Waals surface area contributed by atoms with Gasteiger partial charge in [0.15, 0.2) is 11.5 Å². The lowest BCUT2D eigenvalue weighted by Gasteiger charge is -2.22. The zero-order chi connectivity index (χ0) is 19.7. The number of rotatable bonds is 10. The molecule has 0 atom stereocenters. The van der Waals surface area contributed by atoms with Crippen molar-refractivity contribution in [3.63, 3.8) is 0 Å². The zero-order valence-corrected chi connectivity index (χ0v) is 14.6. The van der Waals surface area contributed by atoms with Crippen molar-refractivity contribution in [1.82, 2.24) is 4.90 Å². The van der Waals surface area contributed by atoms with Crippen LogP contribution >= 0.6 is 0 Å². The van der Waals surface area contributed by atoms with Crippen molar-refractivity contribution in [2.45, 2.75) is 6.61 Å². The highest BCUT2D eigenvalue weighted by molar-refractivity contribution is 6.25. The lowest BCUT2D eigenvalue weighted by atomic mass is 10.1. The Morgan fingerprint density at radius 1 is 1.23 bits per heavy atom. The first-order chi connectivity index (χ1) is 12.3. The monoisotopic (exact) mass is 360 g/mol. The number of hydrogen-bond donors (Lipinski definition) is 1. The normalized spacial score (nSPS) is 11.0. The predicted octanol–water partition coefficient (Wildman–Crippen LogP) is 0.329. The van der Waals surface area contributed by atoms with Crippen molar-refractivity contribution in [3.05, 3.63) is 59.5 Å². The Labute approximate surface area is 150 Å². The van der Waals surface area contributed by atoms with Gasteiger partial charge in [-0.25, -0.2) is 4.79 Å². The summed E-state index contributed by atoms with van der Waals surface area (Å²) < 4.78 is 10.2. The Hall–Kier alpha value is -3.42. The van der Waals surface area contributed by atoms with Gasteiger partial charge in [-0.05, 0) is 5.56 Å². The Kier molecular flexibility index (Phi) is 7.75. The number of allylic oxidation sites excluding steroid dienone is 1. The van der Waals surface area contributed by atoms with Gasteiger partial charge in [-0.2, -0.15) is 0 Å². The quantitative estimate of drug-likeness (QED) is 0.160. The van der Waals surface area contributed by atoms with Gasteiger partial charge >= 0.3 is 5.97 Å². The van der Waals surface area contributed by atoms with Crippen LogP contribution in [0.2, 0.25) is 0 Å². The van der Waals surface area contributed by atoms with Gasteiger partial charge < -0.3 is 24.9 Å². The minimum absolute atomic E-state index is 0.0661. The summed E-state index contributed by atoms with van der Waals surface area (Å²) in [5, 5.41) is 0. The van der Waals surface area contributed by atoms with Crippen molar-refractivity contribution in [2.75, 3.05) is 20.7 Å². The number of benzene rings is 1. The molecular weight excluding hydrogens is 340 g/mol. The van der Waals surface area contributed by atoms with E-state index in [2.05, 4.69) is 11.3 Å². The first-order valence-corrected chi connectivity index (χ1v) is 7.51. The van der Waals surface area contributed by atoms with Gasteiger partial charge in [-0.15, -0.1) is 0 Å². The van der Waals surface area contributed by atoms with Crippen LogP contribution in [0.1, 0.15) is 5.56 Å². The first-order valence-electron chi connectivity index (χ1n) is 7.51. The largest absolute Gasteiger partial charge is 0.482 e. The molecule has 0 spiro atoms. The molecule has 1 aromatic carbocycles. The summed E-state index contributed by atoms with van der Waals surface area (Å²) in [6, 6.07) is 8.84. The summed E-state index contributed by atoms with van der Waals surface area (Å²) in [5.41, 5.74) is 4.94. The van der Waals surface area contributed by atoms with Gasteiger partial charge in [0, 0.05) is 7.05 Å². The second kappa shape index (κ2) is 9.77. The summed E-state index contributed by atoms with van der Waals surface area (Å²) in [4.78, 5) is 48.0. The number of nitrogens with two attached hydrogens (primary N) is 1. The molecule has 0 aromatic heterocycles. The van der Waals surface area contributed by atoms with Gasteiger partial charge in [-0.1, -0.05) is 36.9 Å². The molecule has 0 radical (unpaired) electrons. The van der Waals surface area contributed by atoms with E-state index >= 15 is 0 Å². The Balaban J connectivity index is 3.39. The third kappa shape index (κ3) is 5.30. The van der Waals surface area contributed by atoms with Crippen molar-refractivity contribution in [3.8, 4) is 0 Å². The first kappa shape index (κ1) is 20.6. The maximum absolute atomic E-state index is 12.6. The van der Waals surface area contributed by atoms with Gasteiger partial charge in [0.2, 0.25) is 5.78 Å². The molecule has 0 aliphatic carbocycles. The Bertz CT molecular complexity index is 739. The fourth-order valence-corrected chi connectivity index (χ4v) is 1.94. The summed E-state index contributed by atoms with van der Waals surface area (Å²) in [5.74, 6) is -3.42. The van der Waals surface area contributed by atoms with Gasteiger partial charge in [0.25, 0.3) is 5.91 Å². The molecule has 0 bridgehead atoms. The molecule has 8 heteroatoms. The Morgan fingerprint density at radius 3 is 2.35 bits per heavy atom. The number of ketones is 1. The van der Waals surface area contributed by atoms with E-state index < -0.39 is 29.0 Å². The summed E-state index contributed by atoms with van der Waals surface area (Å²) in [6.07, 6.45) is 0.533. The molecule has 8 nitrogen and oxygen atoms in total. The number of carbonyl (C=O) groups excluding carboxylic acids is 4. The van der Waals surface area contributed by atoms with Crippen LogP contribution in [0.5, 0.6) is 0 Å². The van der Waals surface area contributed by atoms with E-state index in [0.717, 1.165) is 7.11 Å². The molecule has 0 heterocycles. The number of nitrogens with zero attached hydrogens (tertiary/aromatic N) is 1. The third-order valence-electron chi connectivity index (χ3n) is 3.33. The second-order valence-corrected chi connectivity index (χ2v) is 5.16. The number of Topliss-reactive ketones (excluding diaryl/α,β-unsaturated/α-hetero) is 1. The highest BCUT2D eigenvalue weighted by atomic mass is 16.5. The highest BCUT2D eigenvalue weighted by Gasteiger charge is 2.30. The fraction of sp³-hybridized carbons (Fsp3) is 0.222. The average molecular weight is 360 g/mol.